The molecule has 1 aliphatic rings. The highest BCUT2D eigenvalue weighted by Gasteiger charge is 2.26. The van der Waals surface area contributed by atoms with Crippen LogP contribution in [0.1, 0.15) is 21.5 Å². The maximum absolute atomic E-state index is 12.3. The Morgan fingerprint density at radius 2 is 1.48 bits per heavy atom. The summed E-state index contributed by atoms with van der Waals surface area (Å²) in [5, 5.41) is 0. The lowest BCUT2D eigenvalue weighted by molar-refractivity contribution is 0.101. The Kier molecular flexibility index (Phi) is 3.82. The van der Waals surface area contributed by atoms with Crippen LogP contribution in [0.4, 0.5) is 0 Å². The number of hydrogen-bond donors (Lipinski definition) is 0. The Hall–Kier alpha value is -3.33. The lowest BCUT2D eigenvalue weighted by Gasteiger charge is -2.06. The van der Waals surface area contributed by atoms with Crippen LogP contribution in [0.15, 0.2) is 78.6 Å². The van der Waals surface area contributed by atoms with Crippen molar-refractivity contribution < 1.29 is 14.3 Å². The lowest BCUT2D eigenvalue weighted by Crippen LogP contribution is -1.97. The standard InChI is InChI=1S/C22H16O3/c1-15-6-10-17(11-7-15)24-18-12-8-16(9-13-18)14-21-22(23)19-4-2-3-5-20(19)25-21/h2-14H,1H3/b21-14-. The number of carbonyl (C=O) groups is 1. The third kappa shape index (κ3) is 3.17. The quantitative estimate of drug-likeness (QED) is 0.604. The number of hydrogen-bond acceptors (Lipinski definition) is 3. The molecule has 0 saturated carbocycles. The van der Waals surface area contributed by atoms with Crippen molar-refractivity contribution in [2.75, 3.05) is 0 Å². The molecule has 1 heterocycles. The van der Waals surface area contributed by atoms with E-state index in [0.717, 1.165) is 17.1 Å². The first kappa shape index (κ1) is 15.2. The maximum Gasteiger partial charge on any atom is 0.231 e. The topological polar surface area (TPSA) is 35.5 Å². The average Bonchev–Trinajstić information content (AvgIpc) is 2.95. The minimum Gasteiger partial charge on any atom is -0.457 e. The predicted molar refractivity (Wildman–Crippen MR) is 97.1 cm³/mol. The van der Waals surface area contributed by atoms with Gasteiger partial charge in [0.15, 0.2) is 5.76 Å². The molecule has 0 N–H and O–H groups in total. The molecule has 3 aromatic rings. The first-order valence-electron chi connectivity index (χ1n) is 8.07. The predicted octanol–water partition coefficient (Wildman–Crippen LogP) is 5.40. The average molecular weight is 328 g/mol. The van der Waals surface area contributed by atoms with Gasteiger partial charge in [0.05, 0.1) is 5.56 Å². The van der Waals surface area contributed by atoms with Gasteiger partial charge in [0.25, 0.3) is 0 Å². The summed E-state index contributed by atoms with van der Waals surface area (Å²) in [6.45, 7) is 2.04. The molecular weight excluding hydrogens is 312 g/mol. The molecule has 122 valence electrons. The van der Waals surface area contributed by atoms with Crippen molar-refractivity contribution in [3.63, 3.8) is 0 Å². The smallest absolute Gasteiger partial charge is 0.231 e. The zero-order valence-corrected chi connectivity index (χ0v) is 13.7. The van der Waals surface area contributed by atoms with Crippen LogP contribution >= 0.6 is 0 Å². The number of fused-ring (bicyclic) bond motifs is 1. The van der Waals surface area contributed by atoms with Gasteiger partial charge in [-0.2, -0.15) is 0 Å². The van der Waals surface area contributed by atoms with Crippen LogP contribution in [-0.2, 0) is 0 Å². The normalized spacial score (nSPS) is 14.3. The fraction of sp³-hybridized carbons (Fsp3) is 0.0455. The van der Waals surface area contributed by atoms with E-state index in [1.807, 2.05) is 67.6 Å². The van der Waals surface area contributed by atoms with Gasteiger partial charge in [-0.15, -0.1) is 0 Å². The molecule has 0 fully saturated rings. The lowest BCUT2D eigenvalue weighted by atomic mass is 10.1. The van der Waals surface area contributed by atoms with Gasteiger partial charge in [-0.05, 0) is 55.0 Å². The molecule has 1 aliphatic heterocycles. The van der Waals surface area contributed by atoms with Gasteiger partial charge in [0.1, 0.15) is 17.2 Å². The summed E-state index contributed by atoms with van der Waals surface area (Å²) in [6.07, 6.45) is 1.75. The largest absolute Gasteiger partial charge is 0.457 e. The van der Waals surface area contributed by atoms with Gasteiger partial charge >= 0.3 is 0 Å². The van der Waals surface area contributed by atoms with Crippen LogP contribution in [0.5, 0.6) is 17.2 Å². The molecule has 0 aromatic heterocycles. The van der Waals surface area contributed by atoms with Gasteiger partial charge in [-0.25, -0.2) is 0 Å². The number of aryl methyl sites for hydroxylation is 1. The third-order valence-electron chi connectivity index (χ3n) is 4.01. The summed E-state index contributed by atoms with van der Waals surface area (Å²) in [5.74, 6) is 2.40. The maximum atomic E-state index is 12.3. The zero-order chi connectivity index (χ0) is 17.2. The third-order valence-corrected chi connectivity index (χ3v) is 4.01. The Labute approximate surface area is 146 Å². The van der Waals surface area contributed by atoms with Crippen LogP contribution in [0.3, 0.4) is 0 Å². The van der Waals surface area contributed by atoms with Gasteiger partial charge in [-0.1, -0.05) is 42.0 Å². The van der Waals surface area contributed by atoms with E-state index in [0.29, 0.717) is 17.1 Å². The summed E-state index contributed by atoms with van der Waals surface area (Å²) >= 11 is 0. The van der Waals surface area contributed by atoms with E-state index < -0.39 is 0 Å². The molecule has 0 saturated heterocycles. The van der Waals surface area contributed by atoms with Crippen molar-refractivity contribution in [2.24, 2.45) is 0 Å². The summed E-state index contributed by atoms with van der Waals surface area (Å²) in [6, 6.07) is 22.7. The second kappa shape index (κ2) is 6.29. The van der Waals surface area contributed by atoms with E-state index in [1.54, 1.807) is 18.2 Å². The van der Waals surface area contributed by atoms with Crippen molar-refractivity contribution in [1.82, 2.24) is 0 Å². The number of ether oxygens (including phenoxy) is 2. The highest BCUT2D eigenvalue weighted by molar-refractivity contribution is 6.14. The highest BCUT2D eigenvalue weighted by atomic mass is 16.5. The Morgan fingerprint density at radius 3 is 2.16 bits per heavy atom. The first-order chi connectivity index (χ1) is 12.2. The molecule has 0 amide bonds. The molecule has 0 aliphatic carbocycles. The van der Waals surface area contributed by atoms with E-state index >= 15 is 0 Å². The van der Waals surface area contributed by atoms with Crippen molar-refractivity contribution >= 4 is 11.9 Å². The number of para-hydroxylation sites is 1. The van der Waals surface area contributed by atoms with Crippen LogP contribution in [0.25, 0.3) is 6.08 Å². The second-order valence-electron chi connectivity index (χ2n) is 5.92. The molecule has 3 heteroatoms. The molecule has 0 bridgehead atoms. The molecule has 0 radical (unpaired) electrons. The highest BCUT2D eigenvalue weighted by Crippen LogP contribution is 2.31. The van der Waals surface area contributed by atoms with Gasteiger partial charge < -0.3 is 9.47 Å². The fourth-order valence-electron chi connectivity index (χ4n) is 2.66. The fourth-order valence-corrected chi connectivity index (χ4v) is 2.66. The second-order valence-corrected chi connectivity index (χ2v) is 5.92. The zero-order valence-electron chi connectivity index (χ0n) is 13.7. The Balaban J connectivity index is 1.51. The SMILES string of the molecule is Cc1ccc(Oc2ccc(/C=C3\Oc4ccccc4C3=O)cc2)cc1. The van der Waals surface area contributed by atoms with Crippen LogP contribution < -0.4 is 9.47 Å². The number of allylic oxidation sites excluding steroid dienone is 1. The van der Waals surface area contributed by atoms with E-state index in [4.69, 9.17) is 9.47 Å². The number of Topliss-reactive ketones (excluding diaryl/α,β-unsaturated/α-hetero) is 1. The minimum absolute atomic E-state index is 0.0874. The van der Waals surface area contributed by atoms with Gasteiger partial charge in [0.2, 0.25) is 5.78 Å². The van der Waals surface area contributed by atoms with E-state index in [-0.39, 0.29) is 5.78 Å². The summed E-state index contributed by atoms with van der Waals surface area (Å²) in [7, 11) is 0. The monoisotopic (exact) mass is 328 g/mol. The van der Waals surface area contributed by atoms with Crippen LogP contribution in [0.2, 0.25) is 0 Å². The van der Waals surface area contributed by atoms with Crippen molar-refractivity contribution in [1.29, 1.82) is 0 Å². The molecule has 3 aromatic carbocycles. The Bertz CT molecular complexity index is 951. The summed E-state index contributed by atoms with van der Waals surface area (Å²) in [5.41, 5.74) is 2.68. The van der Waals surface area contributed by atoms with E-state index in [2.05, 4.69) is 0 Å². The summed E-state index contributed by atoms with van der Waals surface area (Å²) in [4.78, 5) is 12.3. The van der Waals surface area contributed by atoms with Crippen molar-refractivity contribution in [2.45, 2.75) is 6.92 Å². The van der Waals surface area contributed by atoms with Gasteiger partial charge in [-0.3, -0.25) is 4.79 Å². The molecule has 4 rings (SSSR count). The van der Waals surface area contributed by atoms with E-state index in [1.165, 1.54) is 5.56 Å². The summed E-state index contributed by atoms with van der Waals surface area (Å²) < 4.78 is 11.5. The van der Waals surface area contributed by atoms with Gasteiger partial charge in [0, 0.05) is 0 Å². The first-order valence-corrected chi connectivity index (χ1v) is 8.07. The minimum atomic E-state index is -0.0874. The molecule has 3 nitrogen and oxygen atoms in total. The molecule has 25 heavy (non-hydrogen) atoms. The number of rotatable bonds is 3. The molecule has 0 atom stereocenters. The van der Waals surface area contributed by atoms with Crippen LogP contribution in [-0.4, -0.2) is 5.78 Å². The molecule has 0 spiro atoms. The number of benzene rings is 3. The molecule has 0 unspecified atom stereocenters. The Morgan fingerprint density at radius 1 is 0.840 bits per heavy atom. The number of carbonyl (C=O) groups excluding carboxylic acids is 1. The number of ketones is 1. The van der Waals surface area contributed by atoms with Crippen molar-refractivity contribution in [3.8, 4) is 17.2 Å². The van der Waals surface area contributed by atoms with Crippen LogP contribution in [0, 0.1) is 6.92 Å². The van der Waals surface area contributed by atoms with E-state index in [9.17, 15) is 4.79 Å². The van der Waals surface area contributed by atoms with Crippen molar-refractivity contribution in [3.05, 3.63) is 95.2 Å². The molecular formula is C22H16O3.